The number of carbonyl (C=O) groups excluding carboxylic acids is 1. The Balaban J connectivity index is 1.49. The predicted molar refractivity (Wildman–Crippen MR) is 121 cm³/mol. The molecule has 0 saturated carbocycles. The third kappa shape index (κ3) is 6.81. The first-order valence-corrected chi connectivity index (χ1v) is 10.9. The molecule has 1 saturated heterocycles. The number of carbonyl (C=O) groups is 1. The molecule has 0 spiro atoms. The molecule has 1 N–H and O–H groups in total. The SMILES string of the molecule is C[N+](C)(Cc1ccc(CNC(=O)C=Cc2cccc(Br)c2)cc1)C1CCOCC1. The lowest BCUT2D eigenvalue weighted by atomic mass is 10.0. The van der Waals surface area contributed by atoms with Gasteiger partial charge in [0.05, 0.1) is 33.4 Å². The van der Waals surface area contributed by atoms with Crippen LogP contribution in [-0.4, -0.2) is 43.7 Å². The molecular weight excluding hydrogens is 428 g/mol. The summed E-state index contributed by atoms with van der Waals surface area (Å²) in [4.78, 5) is 12.1. The summed E-state index contributed by atoms with van der Waals surface area (Å²) in [5.74, 6) is -0.0913. The molecular formula is C24H30BrN2O2+. The van der Waals surface area contributed by atoms with Crippen LogP contribution >= 0.6 is 15.9 Å². The quantitative estimate of drug-likeness (QED) is 0.489. The first-order chi connectivity index (χ1) is 13.9. The van der Waals surface area contributed by atoms with Gasteiger partial charge >= 0.3 is 0 Å². The standard InChI is InChI=1S/C24H29BrN2O2/c1-27(2,23-12-14-29-15-13-23)18-21-8-6-20(7-9-21)17-26-24(28)11-10-19-4-3-5-22(25)16-19/h3-11,16,23H,12-15,17-18H2,1-2H3/p+1. The summed E-state index contributed by atoms with van der Waals surface area (Å²) < 4.78 is 7.49. The van der Waals surface area contributed by atoms with Crippen molar-refractivity contribution in [2.75, 3.05) is 27.3 Å². The summed E-state index contributed by atoms with van der Waals surface area (Å²) in [6.07, 6.45) is 5.65. The minimum absolute atomic E-state index is 0.0913. The molecule has 1 aliphatic rings. The van der Waals surface area contributed by atoms with E-state index in [1.54, 1.807) is 6.08 Å². The molecule has 0 aliphatic carbocycles. The molecule has 0 aromatic heterocycles. The van der Waals surface area contributed by atoms with E-state index in [2.05, 4.69) is 59.6 Å². The lowest BCUT2D eigenvalue weighted by molar-refractivity contribution is -0.929. The van der Waals surface area contributed by atoms with Gasteiger partial charge in [0.1, 0.15) is 6.54 Å². The monoisotopic (exact) mass is 457 g/mol. The number of hydrogen-bond acceptors (Lipinski definition) is 2. The number of benzene rings is 2. The Labute approximate surface area is 182 Å². The smallest absolute Gasteiger partial charge is 0.244 e. The average molecular weight is 458 g/mol. The third-order valence-electron chi connectivity index (χ3n) is 5.53. The summed E-state index contributed by atoms with van der Waals surface area (Å²) in [5.41, 5.74) is 3.42. The Morgan fingerprint density at radius 1 is 1.14 bits per heavy atom. The predicted octanol–water partition coefficient (Wildman–Crippen LogP) is 4.53. The third-order valence-corrected chi connectivity index (χ3v) is 6.03. The van der Waals surface area contributed by atoms with Crippen molar-refractivity contribution in [3.05, 3.63) is 75.8 Å². The Morgan fingerprint density at radius 3 is 2.52 bits per heavy atom. The van der Waals surface area contributed by atoms with Crippen molar-refractivity contribution in [2.24, 2.45) is 0 Å². The molecule has 0 radical (unpaired) electrons. The fourth-order valence-electron chi connectivity index (χ4n) is 3.78. The molecule has 154 valence electrons. The van der Waals surface area contributed by atoms with Crippen LogP contribution in [0.5, 0.6) is 0 Å². The van der Waals surface area contributed by atoms with Crippen molar-refractivity contribution in [1.82, 2.24) is 5.32 Å². The zero-order valence-electron chi connectivity index (χ0n) is 17.2. The van der Waals surface area contributed by atoms with Crippen molar-refractivity contribution >= 4 is 27.9 Å². The van der Waals surface area contributed by atoms with Crippen molar-refractivity contribution < 1.29 is 14.0 Å². The Kier molecular flexibility index (Phi) is 7.64. The number of hydrogen-bond donors (Lipinski definition) is 1. The number of rotatable bonds is 7. The largest absolute Gasteiger partial charge is 0.381 e. The van der Waals surface area contributed by atoms with Crippen molar-refractivity contribution in [3.63, 3.8) is 0 Å². The van der Waals surface area contributed by atoms with Gasteiger partial charge in [-0.2, -0.15) is 0 Å². The molecule has 1 amide bonds. The first-order valence-electron chi connectivity index (χ1n) is 10.1. The van der Waals surface area contributed by atoms with E-state index in [-0.39, 0.29) is 5.91 Å². The minimum Gasteiger partial charge on any atom is -0.381 e. The number of ether oxygens (including phenoxy) is 1. The van der Waals surface area contributed by atoms with E-state index in [1.165, 1.54) is 5.56 Å². The molecule has 4 nitrogen and oxygen atoms in total. The van der Waals surface area contributed by atoms with Crippen LogP contribution in [-0.2, 0) is 22.6 Å². The summed E-state index contributed by atoms with van der Waals surface area (Å²) in [6, 6.07) is 17.1. The molecule has 1 heterocycles. The zero-order valence-corrected chi connectivity index (χ0v) is 18.8. The number of amides is 1. The Morgan fingerprint density at radius 2 is 1.83 bits per heavy atom. The first kappa shape index (κ1) is 21.8. The van der Waals surface area contributed by atoms with E-state index in [0.717, 1.165) is 52.7 Å². The van der Waals surface area contributed by atoms with Gasteiger partial charge in [-0.05, 0) is 29.3 Å². The van der Waals surface area contributed by atoms with Crippen LogP contribution < -0.4 is 5.32 Å². The van der Waals surface area contributed by atoms with E-state index in [4.69, 9.17) is 4.74 Å². The highest BCUT2D eigenvalue weighted by Crippen LogP contribution is 2.22. The Bertz CT molecular complexity index is 840. The van der Waals surface area contributed by atoms with Crippen molar-refractivity contribution in [2.45, 2.75) is 32.0 Å². The van der Waals surface area contributed by atoms with E-state index < -0.39 is 0 Å². The molecule has 1 fully saturated rings. The molecule has 5 heteroatoms. The van der Waals surface area contributed by atoms with E-state index in [9.17, 15) is 4.79 Å². The molecule has 0 bridgehead atoms. The van der Waals surface area contributed by atoms with E-state index >= 15 is 0 Å². The molecule has 2 aromatic carbocycles. The lowest BCUT2D eigenvalue weighted by Gasteiger charge is -2.40. The molecule has 0 atom stereocenters. The fraction of sp³-hybridized carbons (Fsp3) is 0.375. The van der Waals surface area contributed by atoms with Gasteiger partial charge in [0.2, 0.25) is 5.91 Å². The summed E-state index contributed by atoms with van der Waals surface area (Å²) in [5, 5.41) is 2.95. The minimum atomic E-state index is -0.0913. The van der Waals surface area contributed by atoms with E-state index in [1.807, 2.05) is 30.3 Å². The van der Waals surface area contributed by atoms with Gasteiger partial charge in [0.25, 0.3) is 0 Å². The second-order valence-corrected chi connectivity index (χ2v) is 9.12. The van der Waals surface area contributed by atoms with E-state index in [0.29, 0.717) is 12.6 Å². The van der Waals surface area contributed by atoms with Crippen LogP contribution in [0.25, 0.3) is 6.08 Å². The van der Waals surface area contributed by atoms with Gasteiger partial charge in [-0.25, -0.2) is 0 Å². The van der Waals surface area contributed by atoms with Crippen LogP contribution in [0.2, 0.25) is 0 Å². The van der Waals surface area contributed by atoms with Crippen molar-refractivity contribution in [3.8, 4) is 0 Å². The molecule has 0 unspecified atom stereocenters. The van der Waals surface area contributed by atoms with Crippen LogP contribution in [0.3, 0.4) is 0 Å². The molecule has 1 aliphatic heterocycles. The highest BCUT2D eigenvalue weighted by Gasteiger charge is 2.30. The van der Waals surface area contributed by atoms with Crippen LogP contribution in [0.4, 0.5) is 0 Å². The van der Waals surface area contributed by atoms with Crippen LogP contribution in [0, 0.1) is 0 Å². The van der Waals surface area contributed by atoms with Gasteiger partial charge in [-0.1, -0.05) is 52.3 Å². The highest BCUT2D eigenvalue weighted by atomic mass is 79.9. The van der Waals surface area contributed by atoms with Gasteiger partial charge in [-0.3, -0.25) is 4.79 Å². The van der Waals surface area contributed by atoms with Crippen molar-refractivity contribution in [1.29, 1.82) is 0 Å². The van der Waals surface area contributed by atoms with Crippen LogP contribution in [0.1, 0.15) is 29.5 Å². The molecule has 29 heavy (non-hydrogen) atoms. The maximum Gasteiger partial charge on any atom is 0.244 e. The molecule has 3 rings (SSSR count). The average Bonchev–Trinajstić information content (AvgIpc) is 2.72. The van der Waals surface area contributed by atoms with Gasteiger partial charge < -0.3 is 14.5 Å². The van der Waals surface area contributed by atoms with Gasteiger partial charge in [0, 0.05) is 35.5 Å². The lowest BCUT2D eigenvalue weighted by Crippen LogP contribution is -2.50. The number of nitrogens with one attached hydrogen (secondary N) is 1. The maximum atomic E-state index is 12.1. The summed E-state index contributed by atoms with van der Waals surface area (Å²) in [6.45, 7) is 3.29. The number of quaternary nitrogens is 1. The second kappa shape index (κ2) is 10.2. The number of nitrogens with zero attached hydrogens (tertiary/aromatic N) is 1. The Hall–Kier alpha value is -1.95. The van der Waals surface area contributed by atoms with Crippen LogP contribution in [0.15, 0.2) is 59.1 Å². The zero-order chi connectivity index (χ0) is 20.7. The number of halogens is 1. The fourth-order valence-corrected chi connectivity index (χ4v) is 4.19. The van der Waals surface area contributed by atoms with Gasteiger partial charge in [0.15, 0.2) is 0 Å². The summed E-state index contributed by atoms with van der Waals surface area (Å²) >= 11 is 3.44. The summed E-state index contributed by atoms with van der Waals surface area (Å²) in [7, 11) is 4.61. The second-order valence-electron chi connectivity index (χ2n) is 8.20. The topological polar surface area (TPSA) is 38.3 Å². The highest BCUT2D eigenvalue weighted by molar-refractivity contribution is 9.10. The van der Waals surface area contributed by atoms with Gasteiger partial charge in [-0.15, -0.1) is 0 Å². The normalized spacial score (nSPS) is 15.6. The maximum absolute atomic E-state index is 12.1. The molecule has 2 aromatic rings.